The number of hydrogen-bond donors (Lipinski definition) is 1. The van der Waals surface area contributed by atoms with Crippen LogP contribution < -0.4 is 10.2 Å². The van der Waals surface area contributed by atoms with Gasteiger partial charge in [-0.15, -0.1) is 0 Å². The minimum absolute atomic E-state index is 0.265. The lowest BCUT2D eigenvalue weighted by Crippen LogP contribution is -2.58. The summed E-state index contributed by atoms with van der Waals surface area (Å²) in [5, 5.41) is 4.33. The fraction of sp³-hybridized carbons (Fsp3) is 0.350. The smallest absolute Gasteiger partial charge is 0.121 e. The van der Waals surface area contributed by atoms with Gasteiger partial charge in [-0.1, -0.05) is 48.0 Å². The lowest BCUT2D eigenvalue weighted by atomic mass is 10.1. The first-order valence-electron chi connectivity index (χ1n) is 8.87. The molecule has 2 aromatic rings. The van der Waals surface area contributed by atoms with E-state index in [0.717, 1.165) is 50.1 Å². The van der Waals surface area contributed by atoms with Gasteiger partial charge >= 0.3 is 0 Å². The third-order valence-corrected chi connectivity index (χ3v) is 5.29. The van der Waals surface area contributed by atoms with Crippen LogP contribution in [0.15, 0.2) is 59.6 Å². The lowest BCUT2D eigenvalue weighted by molar-refractivity contribution is 0.234. The molecule has 2 heterocycles. The first-order chi connectivity index (χ1) is 12.3. The number of para-hydroxylation sites is 1. The van der Waals surface area contributed by atoms with E-state index < -0.39 is 0 Å². The first kappa shape index (κ1) is 16.4. The highest BCUT2D eigenvalue weighted by molar-refractivity contribution is 6.31. The van der Waals surface area contributed by atoms with Crippen molar-refractivity contribution in [3.8, 4) is 0 Å². The van der Waals surface area contributed by atoms with Gasteiger partial charge < -0.3 is 10.2 Å². The van der Waals surface area contributed by atoms with Crippen molar-refractivity contribution in [2.24, 2.45) is 4.99 Å². The van der Waals surface area contributed by atoms with Crippen molar-refractivity contribution in [2.45, 2.75) is 12.6 Å². The number of aliphatic imine (C=N–C) groups is 1. The van der Waals surface area contributed by atoms with E-state index >= 15 is 0 Å². The largest absolute Gasteiger partial charge is 0.370 e. The molecule has 0 bridgehead atoms. The van der Waals surface area contributed by atoms with E-state index in [9.17, 15) is 0 Å². The summed E-state index contributed by atoms with van der Waals surface area (Å²) in [6.07, 6.45) is 0. The van der Waals surface area contributed by atoms with Crippen molar-refractivity contribution in [1.29, 1.82) is 0 Å². The molecule has 0 spiro atoms. The summed E-state index contributed by atoms with van der Waals surface area (Å²) in [6.45, 7) is 5.65. The number of anilines is 1. The minimum Gasteiger partial charge on any atom is -0.370 e. The molecule has 1 unspecified atom stereocenters. The summed E-state index contributed by atoms with van der Waals surface area (Å²) in [7, 11) is 0. The Morgan fingerprint density at radius 1 is 1.04 bits per heavy atom. The van der Waals surface area contributed by atoms with Crippen LogP contribution >= 0.6 is 11.6 Å². The van der Waals surface area contributed by atoms with Crippen molar-refractivity contribution < 1.29 is 0 Å². The quantitative estimate of drug-likeness (QED) is 0.915. The van der Waals surface area contributed by atoms with Crippen LogP contribution in [0.2, 0.25) is 5.02 Å². The molecule has 25 heavy (non-hydrogen) atoms. The van der Waals surface area contributed by atoms with Gasteiger partial charge in [0.2, 0.25) is 0 Å². The topological polar surface area (TPSA) is 30.9 Å². The van der Waals surface area contributed by atoms with Crippen LogP contribution in [-0.2, 0) is 6.54 Å². The number of rotatable bonds is 4. The van der Waals surface area contributed by atoms with E-state index in [-0.39, 0.29) is 6.04 Å². The van der Waals surface area contributed by atoms with Crippen LogP contribution in [0.5, 0.6) is 0 Å². The van der Waals surface area contributed by atoms with Gasteiger partial charge in [0.1, 0.15) is 5.84 Å². The molecule has 0 aromatic heterocycles. The molecular weight excluding hydrogens is 332 g/mol. The summed E-state index contributed by atoms with van der Waals surface area (Å²) in [4.78, 5) is 9.66. The maximum atomic E-state index is 6.36. The molecule has 2 aliphatic heterocycles. The van der Waals surface area contributed by atoms with E-state index in [4.69, 9.17) is 16.6 Å². The highest BCUT2D eigenvalue weighted by Gasteiger charge is 2.32. The van der Waals surface area contributed by atoms with Gasteiger partial charge in [-0.05, 0) is 23.8 Å². The average Bonchev–Trinajstić information content (AvgIpc) is 3.19. The van der Waals surface area contributed by atoms with Crippen LogP contribution in [0.25, 0.3) is 0 Å². The second-order valence-corrected chi connectivity index (χ2v) is 6.97. The van der Waals surface area contributed by atoms with Gasteiger partial charge in [0, 0.05) is 43.4 Å². The summed E-state index contributed by atoms with van der Waals surface area (Å²) < 4.78 is 0. The van der Waals surface area contributed by atoms with Crippen LogP contribution in [-0.4, -0.2) is 49.5 Å². The Kier molecular flexibility index (Phi) is 4.90. The number of nitrogens with zero attached hydrogens (tertiary/aromatic N) is 3. The standard InChI is InChI=1S/C20H23ClN4/c21-18-9-5-4-6-16(18)14-24-12-13-25(17-7-2-1-3-8-17)19(15-24)20-22-10-11-23-20/h1-9,19H,10-15H2,(H,22,23). The number of piperazine rings is 1. The van der Waals surface area contributed by atoms with E-state index in [1.807, 2.05) is 12.1 Å². The zero-order valence-electron chi connectivity index (χ0n) is 14.2. The second kappa shape index (κ2) is 7.46. The molecule has 5 heteroatoms. The van der Waals surface area contributed by atoms with Gasteiger partial charge in [0.25, 0.3) is 0 Å². The molecule has 1 fully saturated rings. The van der Waals surface area contributed by atoms with Crippen molar-refractivity contribution in [1.82, 2.24) is 10.2 Å². The molecule has 0 aliphatic carbocycles. The predicted octanol–water partition coefficient (Wildman–Crippen LogP) is 3.03. The van der Waals surface area contributed by atoms with Crippen molar-refractivity contribution >= 4 is 23.1 Å². The number of nitrogens with one attached hydrogen (secondary N) is 1. The molecule has 0 amide bonds. The van der Waals surface area contributed by atoms with Gasteiger partial charge in [-0.3, -0.25) is 9.89 Å². The Hall–Kier alpha value is -2.04. The Morgan fingerprint density at radius 3 is 2.60 bits per heavy atom. The Balaban J connectivity index is 1.54. The molecule has 1 atom stereocenters. The monoisotopic (exact) mass is 354 g/mol. The molecule has 4 rings (SSSR count). The third kappa shape index (κ3) is 3.65. The molecule has 1 saturated heterocycles. The molecule has 130 valence electrons. The van der Waals surface area contributed by atoms with Gasteiger partial charge in [0.05, 0.1) is 12.6 Å². The summed E-state index contributed by atoms with van der Waals surface area (Å²) in [6, 6.07) is 19.0. The zero-order valence-corrected chi connectivity index (χ0v) is 15.0. The third-order valence-electron chi connectivity index (χ3n) is 4.92. The van der Waals surface area contributed by atoms with E-state index in [2.05, 4.69) is 57.6 Å². The average molecular weight is 355 g/mol. The van der Waals surface area contributed by atoms with Gasteiger partial charge in [0.15, 0.2) is 0 Å². The Bertz CT molecular complexity index is 746. The second-order valence-electron chi connectivity index (χ2n) is 6.57. The molecule has 4 nitrogen and oxygen atoms in total. The predicted molar refractivity (Wildman–Crippen MR) is 105 cm³/mol. The van der Waals surface area contributed by atoms with E-state index in [1.165, 1.54) is 11.3 Å². The Labute approximate surface area is 154 Å². The zero-order chi connectivity index (χ0) is 17.1. The molecule has 2 aliphatic rings. The van der Waals surface area contributed by atoms with Crippen LogP contribution in [0.3, 0.4) is 0 Å². The van der Waals surface area contributed by atoms with E-state index in [1.54, 1.807) is 0 Å². The summed E-state index contributed by atoms with van der Waals surface area (Å²) in [5.74, 6) is 1.12. The molecule has 0 saturated carbocycles. The first-order valence-corrected chi connectivity index (χ1v) is 9.25. The highest BCUT2D eigenvalue weighted by Crippen LogP contribution is 2.24. The van der Waals surface area contributed by atoms with Gasteiger partial charge in [-0.25, -0.2) is 0 Å². The Morgan fingerprint density at radius 2 is 1.84 bits per heavy atom. The fourth-order valence-electron chi connectivity index (χ4n) is 3.65. The van der Waals surface area contributed by atoms with Crippen molar-refractivity contribution in [3.63, 3.8) is 0 Å². The summed E-state index contributed by atoms with van der Waals surface area (Å²) >= 11 is 6.36. The molecule has 0 radical (unpaired) electrons. The van der Waals surface area contributed by atoms with Crippen molar-refractivity contribution in [3.05, 3.63) is 65.2 Å². The number of amidine groups is 1. The van der Waals surface area contributed by atoms with Crippen LogP contribution in [0.4, 0.5) is 5.69 Å². The summed E-state index contributed by atoms with van der Waals surface area (Å²) in [5.41, 5.74) is 2.46. The number of hydrogen-bond acceptors (Lipinski definition) is 4. The van der Waals surface area contributed by atoms with Crippen molar-refractivity contribution in [2.75, 3.05) is 37.6 Å². The highest BCUT2D eigenvalue weighted by atomic mass is 35.5. The van der Waals surface area contributed by atoms with E-state index in [0.29, 0.717) is 0 Å². The number of halogens is 1. The number of benzene rings is 2. The molecule has 2 aromatic carbocycles. The van der Waals surface area contributed by atoms with Crippen LogP contribution in [0.1, 0.15) is 5.56 Å². The molecular formula is C20H23ClN4. The lowest BCUT2D eigenvalue weighted by Gasteiger charge is -2.42. The fourth-order valence-corrected chi connectivity index (χ4v) is 3.85. The normalized spacial score (nSPS) is 21.1. The van der Waals surface area contributed by atoms with Gasteiger partial charge in [-0.2, -0.15) is 0 Å². The maximum Gasteiger partial charge on any atom is 0.121 e. The minimum atomic E-state index is 0.265. The SMILES string of the molecule is Clc1ccccc1CN1CCN(c2ccccc2)C(C2=NCCN2)C1. The molecule has 1 N–H and O–H groups in total. The van der Waals surface area contributed by atoms with Crippen LogP contribution in [0, 0.1) is 0 Å². The maximum absolute atomic E-state index is 6.36.